The zero-order chi connectivity index (χ0) is 17.9. The third-order valence-electron chi connectivity index (χ3n) is 4.48. The molecule has 4 heteroatoms. The SMILES string of the molecule is O=C1NCC(O)=C1C(=NCc1ccccc1)c1cccc2ccccc12. The maximum atomic E-state index is 12.3. The quantitative estimate of drug-likeness (QED) is 0.709. The molecule has 0 bridgehead atoms. The second kappa shape index (κ2) is 6.84. The van der Waals surface area contributed by atoms with Gasteiger partial charge in [-0.05, 0) is 16.3 Å². The van der Waals surface area contributed by atoms with Crippen LogP contribution in [0.25, 0.3) is 10.8 Å². The van der Waals surface area contributed by atoms with Crippen molar-refractivity contribution in [2.24, 2.45) is 4.99 Å². The van der Waals surface area contributed by atoms with Gasteiger partial charge in [-0.1, -0.05) is 72.8 Å². The first-order chi connectivity index (χ1) is 12.7. The summed E-state index contributed by atoms with van der Waals surface area (Å²) in [6.07, 6.45) is 0. The van der Waals surface area contributed by atoms with Crippen molar-refractivity contribution in [2.45, 2.75) is 6.54 Å². The highest BCUT2D eigenvalue weighted by Crippen LogP contribution is 2.25. The Kier molecular flexibility index (Phi) is 4.23. The number of hydrogen-bond donors (Lipinski definition) is 2. The summed E-state index contributed by atoms with van der Waals surface area (Å²) in [5, 5.41) is 15.0. The predicted octanol–water partition coefficient (Wildman–Crippen LogP) is 3.77. The van der Waals surface area contributed by atoms with Crippen LogP contribution < -0.4 is 5.32 Å². The third-order valence-corrected chi connectivity index (χ3v) is 4.48. The van der Waals surface area contributed by atoms with Crippen LogP contribution in [0.5, 0.6) is 0 Å². The molecule has 0 saturated heterocycles. The zero-order valence-electron chi connectivity index (χ0n) is 14.1. The number of fused-ring (bicyclic) bond motifs is 1. The zero-order valence-corrected chi connectivity index (χ0v) is 14.1. The minimum atomic E-state index is -0.290. The molecule has 3 aromatic rings. The monoisotopic (exact) mass is 342 g/mol. The molecule has 0 atom stereocenters. The minimum Gasteiger partial charge on any atom is -0.510 e. The van der Waals surface area contributed by atoms with Crippen molar-refractivity contribution in [1.29, 1.82) is 0 Å². The maximum absolute atomic E-state index is 12.3. The highest BCUT2D eigenvalue weighted by Gasteiger charge is 2.28. The normalized spacial score (nSPS) is 14.8. The molecule has 1 aliphatic rings. The number of rotatable bonds is 4. The van der Waals surface area contributed by atoms with E-state index in [9.17, 15) is 9.90 Å². The molecule has 0 fully saturated rings. The second-order valence-corrected chi connectivity index (χ2v) is 6.18. The van der Waals surface area contributed by atoms with Crippen molar-refractivity contribution in [3.63, 3.8) is 0 Å². The van der Waals surface area contributed by atoms with Crippen LogP contribution in [0.4, 0.5) is 0 Å². The molecule has 128 valence electrons. The molecule has 1 aliphatic heterocycles. The fraction of sp³-hybridized carbons (Fsp3) is 0.0909. The average molecular weight is 342 g/mol. The summed E-state index contributed by atoms with van der Waals surface area (Å²) in [5.41, 5.74) is 2.68. The molecular weight excluding hydrogens is 324 g/mol. The first kappa shape index (κ1) is 16.1. The maximum Gasteiger partial charge on any atom is 0.257 e. The van der Waals surface area contributed by atoms with Crippen molar-refractivity contribution in [3.8, 4) is 0 Å². The molecule has 0 radical (unpaired) electrons. The lowest BCUT2D eigenvalue weighted by atomic mass is 9.96. The van der Waals surface area contributed by atoms with E-state index in [4.69, 9.17) is 4.99 Å². The van der Waals surface area contributed by atoms with Gasteiger partial charge in [0.1, 0.15) is 11.3 Å². The van der Waals surface area contributed by atoms with Crippen LogP contribution in [0, 0.1) is 0 Å². The van der Waals surface area contributed by atoms with Gasteiger partial charge >= 0.3 is 0 Å². The number of hydrogen-bond acceptors (Lipinski definition) is 3. The molecule has 2 N–H and O–H groups in total. The van der Waals surface area contributed by atoms with Gasteiger partial charge in [-0.25, -0.2) is 0 Å². The molecule has 0 saturated carbocycles. The molecule has 4 nitrogen and oxygen atoms in total. The number of amides is 1. The minimum absolute atomic E-state index is 0.0368. The van der Waals surface area contributed by atoms with E-state index in [-0.39, 0.29) is 23.8 Å². The van der Waals surface area contributed by atoms with E-state index in [1.54, 1.807) is 0 Å². The highest BCUT2D eigenvalue weighted by atomic mass is 16.3. The molecular formula is C22H18N2O2. The van der Waals surface area contributed by atoms with Gasteiger partial charge in [0.25, 0.3) is 5.91 Å². The van der Waals surface area contributed by atoms with E-state index >= 15 is 0 Å². The molecule has 1 heterocycles. The van der Waals surface area contributed by atoms with Crippen molar-refractivity contribution in [2.75, 3.05) is 6.54 Å². The fourth-order valence-corrected chi connectivity index (χ4v) is 3.20. The average Bonchev–Trinajstić information content (AvgIpc) is 3.02. The molecule has 1 amide bonds. The molecule has 3 aromatic carbocycles. The van der Waals surface area contributed by atoms with Crippen LogP contribution in [0.15, 0.2) is 89.1 Å². The van der Waals surface area contributed by atoms with Crippen LogP contribution in [0.1, 0.15) is 11.1 Å². The van der Waals surface area contributed by atoms with Gasteiger partial charge in [-0.3, -0.25) is 9.79 Å². The van der Waals surface area contributed by atoms with Crippen LogP contribution in [0.2, 0.25) is 0 Å². The van der Waals surface area contributed by atoms with E-state index in [1.165, 1.54) is 0 Å². The second-order valence-electron chi connectivity index (χ2n) is 6.18. The van der Waals surface area contributed by atoms with Gasteiger partial charge in [0.15, 0.2) is 0 Å². The number of benzene rings is 3. The molecule has 0 spiro atoms. The Morgan fingerprint density at radius 3 is 2.46 bits per heavy atom. The molecule has 4 rings (SSSR count). The Bertz CT molecular complexity index is 1030. The third kappa shape index (κ3) is 2.97. The van der Waals surface area contributed by atoms with Crippen LogP contribution >= 0.6 is 0 Å². The first-order valence-electron chi connectivity index (χ1n) is 8.51. The van der Waals surface area contributed by atoms with Gasteiger partial charge < -0.3 is 10.4 Å². The fourth-order valence-electron chi connectivity index (χ4n) is 3.20. The van der Waals surface area contributed by atoms with E-state index < -0.39 is 0 Å². The molecule has 0 aliphatic carbocycles. The number of nitrogens with zero attached hydrogens (tertiary/aromatic N) is 1. The molecule has 0 aromatic heterocycles. The smallest absolute Gasteiger partial charge is 0.257 e. The lowest BCUT2D eigenvalue weighted by molar-refractivity contribution is -0.116. The summed E-state index contributed by atoms with van der Waals surface area (Å²) < 4.78 is 0. The Balaban J connectivity index is 1.88. The number of nitrogens with one attached hydrogen (secondary N) is 1. The van der Waals surface area contributed by atoms with Crippen molar-refractivity contribution in [1.82, 2.24) is 5.32 Å². The van der Waals surface area contributed by atoms with Gasteiger partial charge in [0.2, 0.25) is 0 Å². The Morgan fingerprint density at radius 1 is 0.962 bits per heavy atom. The topological polar surface area (TPSA) is 61.7 Å². The van der Waals surface area contributed by atoms with Crippen LogP contribution in [-0.4, -0.2) is 23.3 Å². The van der Waals surface area contributed by atoms with Crippen molar-refractivity contribution < 1.29 is 9.90 Å². The summed E-state index contributed by atoms with van der Waals surface area (Å²) in [5.74, 6) is -0.253. The van der Waals surface area contributed by atoms with E-state index in [2.05, 4.69) is 5.32 Å². The first-order valence-corrected chi connectivity index (χ1v) is 8.51. The van der Waals surface area contributed by atoms with Crippen molar-refractivity contribution in [3.05, 3.63) is 95.3 Å². The lowest BCUT2D eigenvalue weighted by Crippen LogP contribution is -2.22. The summed E-state index contributed by atoms with van der Waals surface area (Å²) in [4.78, 5) is 17.1. The standard InChI is InChI=1S/C22H18N2O2/c25-19-14-24-22(26)20(19)21(23-13-15-7-2-1-3-8-15)18-12-6-10-16-9-4-5-11-17(16)18/h1-12,25H,13-14H2,(H,24,26). The molecule has 26 heavy (non-hydrogen) atoms. The lowest BCUT2D eigenvalue weighted by Gasteiger charge is -2.11. The number of carbonyl (C=O) groups excluding carboxylic acids is 1. The predicted molar refractivity (Wildman–Crippen MR) is 103 cm³/mol. The van der Waals surface area contributed by atoms with Crippen LogP contribution in [0.3, 0.4) is 0 Å². The number of aliphatic imine (C=N–C) groups is 1. The van der Waals surface area contributed by atoms with E-state index in [0.717, 1.165) is 21.9 Å². The van der Waals surface area contributed by atoms with Gasteiger partial charge in [0, 0.05) is 5.56 Å². The van der Waals surface area contributed by atoms with Gasteiger partial charge in [0.05, 0.1) is 18.8 Å². The van der Waals surface area contributed by atoms with E-state index in [0.29, 0.717) is 12.3 Å². The summed E-state index contributed by atoms with van der Waals surface area (Å²) >= 11 is 0. The summed E-state index contributed by atoms with van der Waals surface area (Å²) in [7, 11) is 0. The Labute approximate surface area is 151 Å². The van der Waals surface area contributed by atoms with Gasteiger partial charge in [-0.2, -0.15) is 0 Å². The Hall–Kier alpha value is -3.40. The van der Waals surface area contributed by atoms with E-state index in [1.807, 2.05) is 72.8 Å². The highest BCUT2D eigenvalue weighted by molar-refractivity contribution is 6.32. The molecule has 0 unspecified atom stereocenters. The van der Waals surface area contributed by atoms with Crippen LogP contribution in [-0.2, 0) is 11.3 Å². The largest absolute Gasteiger partial charge is 0.510 e. The van der Waals surface area contributed by atoms with Gasteiger partial charge in [-0.15, -0.1) is 0 Å². The summed E-state index contributed by atoms with van der Waals surface area (Å²) in [6, 6.07) is 23.7. The number of carbonyl (C=O) groups is 1. The number of aliphatic hydroxyl groups is 1. The van der Waals surface area contributed by atoms with Crippen molar-refractivity contribution >= 4 is 22.4 Å². The summed E-state index contributed by atoms with van der Waals surface area (Å²) in [6.45, 7) is 0.576. The Morgan fingerprint density at radius 2 is 1.69 bits per heavy atom. The number of aliphatic hydroxyl groups excluding tert-OH is 1.